The van der Waals surface area contributed by atoms with Gasteiger partial charge in [-0.2, -0.15) is 13.2 Å². The molecule has 202 valence electrons. The second-order valence-electron chi connectivity index (χ2n) is 9.88. The van der Waals surface area contributed by atoms with E-state index in [1.807, 2.05) is 47.4 Å². The van der Waals surface area contributed by atoms with Crippen LogP contribution in [0.1, 0.15) is 87.8 Å². The van der Waals surface area contributed by atoms with Crippen molar-refractivity contribution in [2.75, 3.05) is 19.6 Å². The average molecular weight is 517 g/mol. The largest absolute Gasteiger partial charge is 0.405 e. The molecule has 0 heterocycles. The first-order valence-electron chi connectivity index (χ1n) is 13.6. The van der Waals surface area contributed by atoms with Gasteiger partial charge < -0.3 is 10.2 Å². The van der Waals surface area contributed by atoms with Gasteiger partial charge in [0.15, 0.2) is 0 Å². The fraction of sp³-hybridized carbons (Fsp3) is 0.533. The Bertz CT molecular complexity index is 1040. The Hall–Kier alpha value is -2.83. The van der Waals surface area contributed by atoms with Crippen LogP contribution in [0.15, 0.2) is 42.5 Å². The third-order valence-electron chi connectivity index (χ3n) is 7.02. The molecule has 2 aromatic carbocycles. The summed E-state index contributed by atoms with van der Waals surface area (Å²) < 4.78 is 38.4. The summed E-state index contributed by atoms with van der Waals surface area (Å²) in [6, 6.07) is 13.3. The lowest BCUT2D eigenvalue weighted by molar-refractivity contribution is -0.138. The highest BCUT2D eigenvalue weighted by Gasteiger charge is 2.37. The van der Waals surface area contributed by atoms with Crippen LogP contribution in [-0.4, -0.2) is 42.5 Å². The van der Waals surface area contributed by atoms with Gasteiger partial charge in [0, 0.05) is 19.5 Å². The Kier molecular flexibility index (Phi) is 10.6. The predicted molar refractivity (Wildman–Crippen MR) is 141 cm³/mol. The van der Waals surface area contributed by atoms with Crippen molar-refractivity contribution in [1.29, 1.82) is 0 Å². The highest BCUT2D eigenvalue weighted by Crippen LogP contribution is 2.46. The van der Waals surface area contributed by atoms with Crippen molar-refractivity contribution in [1.82, 2.24) is 10.2 Å². The molecule has 0 fully saturated rings. The van der Waals surface area contributed by atoms with Gasteiger partial charge in [0.1, 0.15) is 6.54 Å². The summed E-state index contributed by atoms with van der Waals surface area (Å²) in [5, 5.41) is 2.10. The van der Waals surface area contributed by atoms with Crippen LogP contribution in [0.4, 0.5) is 13.2 Å². The Labute approximate surface area is 218 Å². The minimum atomic E-state index is -4.46. The lowest BCUT2D eigenvalue weighted by Crippen LogP contribution is -2.37. The zero-order chi connectivity index (χ0) is 26.8. The van der Waals surface area contributed by atoms with Gasteiger partial charge in [-0.1, -0.05) is 75.6 Å². The van der Waals surface area contributed by atoms with Gasteiger partial charge in [-0.05, 0) is 59.9 Å². The van der Waals surface area contributed by atoms with Crippen LogP contribution in [0, 0.1) is 0 Å². The summed E-state index contributed by atoms with van der Waals surface area (Å²) in [6.45, 7) is 4.56. The van der Waals surface area contributed by atoms with Gasteiger partial charge in [0.05, 0.1) is 5.92 Å². The van der Waals surface area contributed by atoms with E-state index in [4.69, 9.17) is 0 Å². The molecule has 0 bridgehead atoms. The van der Waals surface area contributed by atoms with E-state index in [-0.39, 0.29) is 5.91 Å². The molecule has 1 N–H and O–H groups in total. The molecule has 1 aliphatic carbocycles. The second kappa shape index (κ2) is 13.6. The quantitative estimate of drug-likeness (QED) is 0.275. The number of alkyl halides is 3. The molecule has 1 atom stereocenters. The molecule has 2 aromatic rings. The summed E-state index contributed by atoms with van der Waals surface area (Å²) in [5.41, 5.74) is 4.35. The maximum absolute atomic E-state index is 13.0. The van der Waals surface area contributed by atoms with E-state index in [2.05, 4.69) is 19.2 Å². The molecule has 0 saturated carbocycles. The molecule has 0 aliphatic heterocycles. The highest BCUT2D eigenvalue weighted by molar-refractivity contribution is 5.96. The molecule has 37 heavy (non-hydrogen) atoms. The predicted octanol–water partition coefficient (Wildman–Crippen LogP) is 7.01. The van der Waals surface area contributed by atoms with Crippen molar-refractivity contribution in [2.45, 2.75) is 83.7 Å². The van der Waals surface area contributed by atoms with Gasteiger partial charge in [0.2, 0.25) is 11.8 Å². The van der Waals surface area contributed by atoms with E-state index >= 15 is 0 Å². The molecule has 7 heteroatoms. The monoisotopic (exact) mass is 516 g/mol. The minimum absolute atomic E-state index is 0.222. The standard InChI is InChI=1S/C30H39F3N2O2/c1-3-5-19-35(20-6-4-2)26(36)18-9-7-8-13-22-14-12-17-24-23-15-10-11-16-25(23)28(27(22)24)29(37)34-21-30(31,32)33/h10-12,14-17,28H,3-9,13,18-21H2,1-2H3,(H,34,37). The Morgan fingerprint density at radius 3 is 2.22 bits per heavy atom. The summed E-state index contributed by atoms with van der Waals surface area (Å²) in [6.07, 6.45) is 3.49. The lowest BCUT2D eigenvalue weighted by Gasteiger charge is -2.22. The van der Waals surface area contributed by atoms with Crippen molar-refractivity contribution in [3.8, 4) is 11.1 Å². The van der Waals surface area contributed by atoms with Gasteiger partial charge in [0.25, 0.3) is 0 Å². The molecule has 0 radical (unpaired) electrons. The van der Waals surface area contributed by atoms with E-state index in [1.165, 1.54) is 0 Å². The molecular formula is C30H39F3N2O2. The first-order valence-corrected chi connectivity index (χ1v) is 13.6. The van der Waals surface area contributed by atoms with E-state index in [0.29, 0.717) is 12.8 Å². The first-order chi connectivity index (χ1) is 17.8. The normalized spacial score (nSPS) is 14.2. The number of aryl methyl sites for hydroxylation is 1. The smallest absolute Gasteiger partial charge is 0.346 e. The summed E-state index contributed by atoms with van der Waals surface area (Å²) in [7, 11) is 0. The Morgan fingerprint density at radius 2 is 1.54 bits per heavy atom. The molecule has 1 unspecified atom stereocenters. The van der Waals surface area contributed by atoms with E-state index < -0.39 is 24.5 Å². The van der Waals surface area contributed by atoms with Crippen LogP contribution in [0.25, 0.3) is 11.1 Å². The minimum Gasteiger partial charge on any atom is -0.346 e. The first kappa shape index (κ1) is 28.7. The number of amides is 2. The number of nitrogens with zero attached hydrogens (tertiary/aromatic N) is 1. The zero-order valence-electron chi connectivity index (χ0n) is 22.0. The molecule has 0 saturated heterocycles. The fourth-order valence-corrected chi connectivity index (χ4v) is 5.10. The summed E-state index contributed by atoms with van der Waals surface area (Å²) in [4.78, 5) is 27.7. The van der Waals surface area contributed by atoms with E-state index in [9.17, 15) is 22.8 Å². The van der Waals surface area contributed by atoms with Crippen molar-refractivity contribution >= 4 is 11.8 Å². The van der Waals surface area contributed by atoms with Crippen LogP contribution < -0.4 is 5.32 Å². The molecule has 2 amide bonds. The van der Waals surface area contributed by atoms with Crippen molar-refractivity contribution in [2.24, 2.45) is 0 Å². The van der Waals surface area contributed by atoms with Crippen LogP contribution in [0.3, 0.4) is 0 Å². The number of hydrogen-bond donors (Lipinski definition) is 1. The average Bonchev–Trinajstić information content (AvgIpc) is 3.22. The van der Waals surface area contributed by atoms with Crippen LogP contribution >= 0.6 is 0 Å². The van der Waals surface area contributed by atoms with E-state index in [0.717, 1.165) is 85.9 Å². The van der Waals surface area contributed by atoms with Crippen LogP contribution in [0.5, 0.6) is 0 Å². The maximum atomic E-state index is 13.0. The SMILES string of the molecule is CCCCN(CCCC)C(=O)CCCCCc1cccc2c1C(C(=O)NCC(F)(F)F)c1ccccc1-2. The Morgan fingerprint density at radius 1 is 0.865 bits per heavy atom. The maximum Gasteiger partial charge on any atom is 0.405 e. The van der Waals surface area contributed by atoms with Crippen molar-refractivity contribution in [3.05, 3.63) is 59.2 Å². The van der Waals surface area contributed by atoms with Gasteiger partial charge in [-0.3, -0.25) is 9.59 Å². The van der Waals surface area contributed by atoms with Gasteiger partial charge in [-0.15, -0.1) is 0 Å². The lowest BCUT2D eigenvalue weighted by atomic mass is 9.89. The third kappa shape index (κ3) is 7.83. The summed E-state index contributed by atoms with van der Waals surface area (Å²) in [5.74, 6) is -1.16. The van der Waals surface area contributed by atoms with Crippen LogP contribution in [0.2, 0.25) is 0 Å². The Balaban J connectivity index is 1.64. The number of rotatable bonds is 14. The number of unbranched alkanes of at least 4 members (excludes halogenated alkanes) is 4. The summed E-state index contributed by atoms with van der Waals surface area (Å²) >= 11 is 0. The topological polar surface area (TPSA) is 49.4 Å². The molecule has 0 aromatic heterocycles. The molecule has 4 nitrogen and oxygen atoms in total. The van der Waals surface area contributed by atoms with E-state index in [1.54, 1.807) is 0 Å². The second-order valence-corrected chi connectivity index (χ2v) is 9.88. The number of carbonyl (C=O) groups excluding carboxylic acids is 2. The molecule has 1 aliphatic rings. The number of hydrogen-bond acceptors (Lipinski definition) is 2. The van der Waals surface area contributed by atoms with Gasteiger partial charge >= 0.3 is 6.18 Å². The third-order valence-corrected chi connectivity index (χ3v) is 7.02. The molecule has 3 rings (SSSR count). The van der Waals surface area contributed by atoms with Gasteiger partial charge in [-0.25, -0.2) is 0 Å². The van der Waals surface area contributed by atoms with Crippen LogP contribution in [-0.2, 0) is 16.0 Å². The fourth-order valence-electron chi connectivity index (χ4n) is 5.10. The molecular weight excluding hydrogens is 477 g/mol. The van der Waals surface area contributed by atoms with Crippen molar-refractivity contribution < 1.29 is 22.8 Å². The number of fused-ring (bicyclic) bond motifs is 3. The zero-order valence-corrected chi connectivity index (χ0v) is 22.0. The highest BCUT2D eigenvalue weighted by atomic mass is 19.4. The number of halogens is 3. The number of nitrogens with one attached hydrogen (secondary N) is 1. The van der Waals surface area contributed by atoms with Crippen molar-refractivity contribution in [3.63, 3.8) is 0 Å². The molecule has 0 spiro atoms. The number of carbonyl (C=O) groups is 2. The number of benzene rings is 2.